The van der Waals surface area contributed by atoms with E-state index in [0.29, 0.717) is 19.1 Å². The SMILES string of the molecule is CCCC1NC(=O)C(C2CC2)N(C2CCOC2)C1=O. The Kier molecular flexibility index (Phi) is 3.48. The highest BCUT2D eigenvalue weighted by Crippen LogP contribution is 2.38. The molecule has 5 nitrogen and oxygen atoms in total. The average molecular weight is 266 g/mol. The average Bonchev–Trinajstić information content (AvgIpc) is 3.08. The fourth-order valence-corrected chi connectivity index (χ4v) is 3.25. The molecule has 106 valence electrons. The van der Waals surface area contributed by atoms with Gasteiger partial charge >= 0.3 is 0 Å². The molecule has 5 heteroatoms. The molecule has 3 aliphatic rings. The van der Waals surface area contributed by atoms with Crippen molar-refractivity contribution < 1.29 is 14.3 Å². The third-order valence-corrected chi connectivity index (χ3v) is 4.38. The molecule has 0 aromatic rings. The van der Waals surface area contributed by atoms with Crippen LogP contribution in [0.3, 0.4) is 0 Å². The molecule has 3 fully saturated rings. The third-order valence-electron chi connectivity index (χ3n) is 4.38. The predicted octanol–water partition coefficient (Wildman–Crippen LogP) is 0.681. The van der Waals surface area contributed by atoms with Gasteiger partial charge in [-0.15, -0.1) is 0 Å². The van der Waals surface area contributed by atoms with E-state index >= 15 is 0 Å². The van der Waals surface area contributed by atoms with E-state index in [4.69, 9.17) is 4.74 Å². The normalized spacial score (nSPS) is 35.6. The summed E-state index contributed by atoms with van der Waals surface area (Å²) in [5.41, 5.74) is 0. The first-order chi connectivity index (χ1) is 9.22. The summed E-state index contributed by atoms with van der Waals surface area (Å²) in [7, 11) is 0. The Hall–Kier alpha value is -1.10. The summed E-state index contributed by atoms with van der Waals surface area (Å²) in [4.78, 5) is 26.8. The number of hydrogen-bond donors (Lipinski definition) is 1. The van der Waals surface area contributed by atoms with Crippen LogP contribution < -0.4 is 5.32 Å². The van der Waals surface area contributed by atoms with Gasteiger partial charge in [0.25, 0.3) is 0 Å². The van der Waals surface area contributed by atoms with Crippen LogP contribution in [0.4, 0.5) is 0 Å². The summed E-state index contributed by atoms with van der Waals surface area (Å²) >= 11 is 0. The highest BCUT2D eigenvalue weighted by Gasteiger charge is 2.50. The predicted molar refractivity (Wildman–Crippen MR) is 69.4 cm³/mol. The van der Waals surface area contributed by atoms with Crippen molar-refractivity contribution in [2.45, 2.75) is 57.2 Å². The van der Waals surface area contributed by atoms with Crippen molar-refractivity contribution in [2.75, 3.05) is 13.2 Å². The molecular formula is C14H22N2O3. The van der Waals surface area contributed by atoms with Crippen LogP contribution in [-0.4, -0.2) is 48.1 Å². The van der Waals surface area contributed by atoms with Gasteiger partial charge in [0.2, 0.25) is 11.8 Å². The lowest BCUT2D eigenvalue weighted by Crippen LogP contribution is -2.66. The van der Waals surface area contributed by atoms with Crippen molar-refractivity contribution in [3.05, 3.63) is 0 Å². The van der Waals surface area contributed by atoms with E-state index in [9.17, 15) is 9.59 Å². The first-order valence-corrected chi connectivity index (χ1v) is 7.42. The van der Waals surface area contributed by atoms with Gasteiger partial charge < -0.3 is 15.0 Å². The molecule has 2 aliphatic heterocycles. The fourth-order valence-electron chi connectivity index (χ4n) is 3.25. The molecule has 1 saturated carbocycles. The molecule has 0 bridgehead atoms. The van der Waals surface area contributed by atoms with Crippen molar-refractivity contribution in [1.82, 2.24) is 10.2 Å². The summed E-state index contributed by atoms with van der Waals surface area (Å²) in [6.45, 7) is 3.32. The second-order valence-electron chi connectivity index (χ2n) is 5.90. The molecule has 1 N–H and O–H groups in total. The quantitative estimate of drug-likeness (QED) is 0.814. The molecule has 0 aromatic heterocycles. The van der Waals surface area contributed by atoms with Gasteiger partial charge in [0.05, 0.1) is 12.6 Å². The molecule has 2 amide bonds. The first kappa shape index (κ1) is 12.9. The van der Waals surface area contributed by atoms with Gasteiger partial charge in [-0.25, -0.2) is 0 Å². The van der Waals surface area contributed by atoms with E-state index in [0.717, 1.165) is 32.1 Å². The number of rotatable bonds is 4. The second-order valence-corrected chi connectivity index (χ2v) is 5.90. The topological polar surface area (TPSA) is 58.6 Å². The Morgan fingerprint density at radius 2 is 2.11 bits per heavy atom. The summed E-state index contributed by atoms with van der Waals surface area (Å²) in [6, 6.07) is -0.469. The van der Waals surface area contributed by atoms with Crippen molar-refractivity contribution in [3.63, 3.8) is 0 Å². The molecule has 0 spiro atoms. The maximum Gasteiger partial charge on any atom is 0.246 e. The van der Waals surface area contributed by atoms with Crippen LogP contribution in [0.2, 0.25) is 0 Å². The molecule has 2 heterocycles. The van der Waals surface area contributed by atoms with Crippen molar-refractivity contribution in [2.24, 2.45) is 5.92 Å². The van der Waals surface area contributed by atoms with Crippen LogP contribution in [-0.2, 0) is 14.3 Å². The number of carbonyl (C=O) groups is 2. The number of piperazine rings is 1. The Labute approximate surface area is 113 Å². The summed E-state index contributed by atoms with van der Waals surface area (Å²) < 4.78 is 5.41. The standard InChI is InChI=1S/C14H22N2O3/c1-2-3-11-14(18)16(10-6-7-19-8-10)12(9-4-5-9)13(17)15-11/h9-12H,2-8H2,1H3,(H,15,17). The molecule has 3 unspecified atom stereocenters. The van der Waals surface area contributed by atoms with Crippen LogP contribution in [0.25, 0.3) is 0 Å². The molecule has 2 saturated heterocycles. The second kappa shape index (κ2) is 5.12. The minimum atomic E-state index is -0.326. The molecule has 0 aromatic carbocycles. The first-order valence-electron chi connectivity index (χ1n) is 7.42. The van der Waals surface area contributed by atoms with Gasteiger partial charge in [0.15, 0.2) is 0 Å². The number of hydrogen-bond acceptors (Lipinski definition) is 3. The highest BCUT2D eigenvalue weighted by atomic mass is 16.5. The van der Waals surface area contributed by atoms with E-state index in [2.05, 4.69) is 5.32 Å². The van der Waals surface area contributed by atoms with Gasteiger partial charge in [-0.2, -0.15) is 0 Å². The minimum absolute atomic E-state index is 0.0486. The largest absolute Gasteiger partial charge is 0.379 e. The molecule has 19 heavy (non-hydrogen) atoms. The molecule has 1 aliphatic carbocycles. The van der Waals surface area contributed by atoms with Crippen LogP contribution >= 0.6 is 0 Å². The van der Waals surface area contributed by atoms with Crippen LogP contribution in [0.5, 0.6) is 0 Å². The molecular weight excluding hydrogens is 244 g/mol. The number of ether oxygens (including phenoxy) is 1. The smallest absolute Gasteiger partial charge is 0.246 e. The van der Waals surface area contributed by atoms with E-state index < -0.39 is 0 Å². The summed E-state index contributed by atoms with van der Waals surface area (Å²) in [5.74, 6) is 0.522. The number of amides is 2. The maximum atomic E-state index is 12.6. The minimum Gasteiger partial charge on any atom is -0.379 e. The maximum absolute atomic E-state index is 12.6. The lowest BCUT2D eigenvalue weighted by atomic mass is 9.97. The van der Waals surface area contributed by atoms with Gasteiger partial charge in [-0.3, -0.25) is 9.59 Å². The Bertz CT molecular complexity index is 375. The number of carbonyl (C=O) groups excluding carboxylic acids is 2. The van der Waals surface area contributed by atoms with Gasteiger partial charge in [0, 0.05) is 6.61 Å². The summed E-state index contributed by atoms with van der Waals surface area (Å²) in [6.07, 6.45) is 4.62. The number of nitrogens with one attached hydrogen (secondary N) is 1. The Balaban J connectivity index is 1.83. The zero-order valence-corrected chi connectivity index (χ0v) is 11.4. The Morgan fingerprint density at radius 3 is 2.68 bits per heavy atom. The van der Waals surface area contributed by atoms with E-state index in [-0.39, 0.29) is 29.9 Å². The molecule has 3 rings (SSSR count). The van der Waals surface area contributed by atoms with Crippen molar-refractivity contribution in [3.8, 4) is 0 Å². The van der Waals surface area contributed by atoms with Crippen molar-refractivity contribution in [1.29, 1.82) is 0 Å². The molecule has 0 radical (unpaired) electrons. The van der Waals surface area contributed by atoms with E-state index in [1.54, 1.807) is 0 Å². The number of nitrogens with zero attached hydrogens (tertiary/aromatic N) is 1. The third kappa shape index (κ3) is 2.36. The summed E-state index contributed by atoms with van der Waals surface area (Å²) in [5, 5.41) is 2.92. The van der Waals surface area contributed by atoms with E-state index in [1.165, 1.54) is 0 Å². The lowest BCUT2D eigenvalue weighted by molar-refractivity contribution is -0.153. The fraction of sp³-hybridized carbons (Fsp3) is 0.857. The Morgan fingerprint density at radius 1 is 1.32 bits per heavy atom. The van der Waals surface area contributed by atoms with Gasteiger partial charge in [-0.1, -0.05) is 13.3 Å². The zero-order chi connectivity index (χ0) is 13.4. The zero-order valence-electron chi connectivity index (χ0n) is 11.4. The highest BCUT2D eigenvalue weighted by molar-refractivity contribution is 5.97. The van der Waals surface area contributed by atoms with Crippen LogP contribution in [0.1, 0.15) is 39.0 Å². The monoisotopic (exact) mass is 266 g/mol. The van der Waals surface area contributed by atoms with Crippen LogP contribution in [0.15, 0.2) is 0 Å². The van der Waals surface area contributed by atoms with Crippen molar-refractivity contribution >= 4 is 11.8 Å². The van der Waals surface area contributed by atoms with E-state index in [1.807, 2.05) is 11.8 Å². The van der Waals surface area contributed by atoms with Crippen LogP contribution in [0, 0.1) is 5.92 Å². The lowest BCUT2D eigenvalue weighted by Gasteiger charge is -2.42. The molecule has 3 atom stereocenters. The van der Waals surface area contributed by atoms with Gasteiger partial charge in [0.1, 0.15) is 12.1 Å². The van der Waals surface area contributed by atoms with Gasteiger partial charge in [-0.05, 0) is 31.6 Å².